The Labute approximate surface area is 155 Å². The van der Waals surface area contributed by atoms with Gasteiger partial charge in [-0.3, -0.25) is 4.79 Å². The Balaban J connectivity index is 2.25. The molecular weight excluding hydrogens is 350 g/mol. The summed E-state index contributed by atoms with van der Waals surface area (Å²) in [6.45, 7) is 3.80. The van der Waals surface area contributed by atoms with Crippen LogP contribution in [0.4, 0.5) is 5.69 Å². The van der Waals surface area contributed by atoms with Crippen LogP contribution >= 0.6 is 0 Å². The van der Waals surface area contributed by atoms with E-state index in [1.807, 2.05) is 19.9 Å². The molecule has 0 aliphatic rings. The van der Waals surface area contributed by atoms with Crippen LogP contribution in [0, 0.1) is 5.92 Å². The highest BCUT2D eigenvalue weighted by atomic mass is 32.2. The Hall–Kier alpha value is -2.18. The van der Waals surface area contributed by atoms with Crippen LogP contribution in [0.2, 0.25) is 0 Å². The van der Waals surface area contributed by atoms with Crippen molar-refractivity contribution in [1.29, 1.82) is 0 Å². The van der Waals surface area contributed by atoms with E-state index in [9.17, 15) is 18.3 Å². The van der Waals surface area contributed by atoms with Gasteiger partial charge in [0.25, 0.3) is 0 Å². The number of anilines is 1. The molecule has 2 aromatic rings. The molecule has 0 bridgehead atoms. The minimum absolute atomic E-state index is 0.107. The molecular formula is C20H25NO4S. The fraction of sp³-hybridized carbons (Fsp3) is 0.350. The van der Waals surface area contributed by atoms with E-state index < -0.39 is 27.1 Å². The second-order valence-corrected chi connectivity index (χ2v) is 8.88. The summed E-state index contributed by atoms with van der Waals surface area (Å²) in [5.41, 5.74) is 0.590. The lowest BCUT2D eigenvalue weighted by Crippen LogP contribution is -2.38. The normalized spacial score (nSPS) is 14.0. The van der Waals surface area contributed by atoms with Crippen molar-refractivity contribution in [2.24, 2.45) is 5.92 Å². The first-order valence-corrected chi connectivity index (χ1v) is 10.2. The molecule has 2 atom stereocenters. The number of sulfone groups is 1. The van der Waals surface area contributed by atoms with E-state index in [0.717, 1.165) is 0 Å². The maximum Gasteiger partial charge on any atom is 0.225 e. The van der Waals surface area contributed by atoms with E-state index in [1.54, 1.807) is 42.5 Å². The summed E-state index contributed by atoms with van der Waals surface area (Å²) in [6.07, 6.45) is -1.13. The lowest BCUT2D eigenvalue weighted by Gasteiger charge is -2.24. The molecule has 0 radical (unpaired) electrons. The summed E-state index contributed by atoms with van der Waals surface area (Å²) in [5.74, 6) is -0.334. The quantitative estimate of drug-likeness (QED) is 0.742. The third kappa shape index (κ3) is 5.41. The van der Waals surface area contributed by atoms with Crippen molar-refractivity contribution >= 4 is 21.4 Å². The molecule has 0 fully saturated rings. The van der Waals surface area contributed by atoms with E-state index in [4.69, 9.17) is 0 Å². The van der Waals surface area contributed by atoms with Gasteiger partial charge in [0.2, 0.25) is 5.91 Å². The first kappa shape index (κ1) is 20.1. The van der Waals surface area contributed by atoms with Crippen molar-refractivity contribution in [2.45, 2.75) is 42.9 Å². The summed E-state index contributed by atoms with van der Waals surface area (Å²) in [6, 6.07) is 16.8. The fourth-order valence-corrected chi connectivity index (χ4v) is 4.57. The second-order valence-electron chi connectivity index (χ2n) is 6.71. The number of nitrogens with one attached hydrogen (secondary N) is 1. The molecule has 0 saturated heterocycles. The lowest BCUT2D eigenvalue weighted by atomic mass is 10.0. The number of carbonyl (C=O) groups excluding carboxylic acids is 1. The Morgan fingerprint density at radius 3 is 2.08 bits per heavy atom. The minimum atomic E-state index is -3.84. The second kappa shape index (κ2) is 8.96. The van der Waals surface area contributed by atoms with Gasteiger partial charge in [0.15, 0.2) is 9.84 Å². The number of aliphatic hydroxyl groups excluding tert-OH is 1. The van der Waals surface area contributed by atoms with Gasteiger partial charge >= 0.3 is 0 Å². The van der Waals surface area contributed by atoms with Crippen molar-refractivity contribution in [3.63, 3.8) is 0 Å². The Morgan fingerprint density at radius 1 is 1.00 bits per heavy atom. The molecule has 0 saturated carbocycles. The van der Waals surface area contributed by atoms with Gasteiger partial charge < -0.3 is 10.4 Å². The number of aliphatic hydroxyl groups is 1. The van der Waals surface area contributed by atoms with E-state index in [1.165, 1.54) is 12.1 Å². The number of hydrogen-bond acceptors (Lipinski definition) is 4. The number of hydrogen-bond donors (Lipinski definition) is 2. The lowest BCUT2D eigenvalue weighted by molar-refractivity contribution is -0.116. The largest absolute Gasteiger partial charge is 0.392 e. The molecule has 26 heavy (non-hydrogen) atoms. The average molecular weight is 375 g/mol. The van der Waals surface area contributed by atoms with Crippen LogP contribution in [0.15, 0.2) is 65.6 Å². The third-order valence-electron chi connectivity index (χ3n) is 4.06. The molecule has 1 amide bonds. The zero-order chi connectivity index (χ0) is 19.2. The predicted molar refractivity (Wildman–Crippen MR) is 103 cm³/mol. The Morgan fingerprint density at radius 2 is 1.54 bits per heavy atom. The van der Waals surface area contributed by atoms with E-state index in [2.05, 4.69) is 5.32 Å². The highest BCUT2D eigenvalue weighted by molar-refractivity contribution is 7.92. The fourth-order valence-electron chi connectivity index (χ4n) is 2.79. The van der Waals surface area contributed by atoms with Crippen LogP contribution in [0.1, 0.15) is 26.7 Å². The van der Waals surface area contributed by atoms with E-state index >= 15 is 0 Å². The summed E-state index contributed by atoms with van der Waals surface area (Å²) in [4.78, 5) is 12.5. The molecule has 2 aromatic carbocycles. The van der Waals surface area contributed by atoms with Crippen molar-refractivity contribution < 1.29 is 18.3 Å². The smallest absolute Gasteiger partial charge is 0.225 e. The van der Waals surface area contributed by atoms with Gasteiger partial charge in [-0.25, -0.2) is 8.42 Å². The summed E-state index contributed by atoms with van der Waals surface area (Å²) < 4.78 is 26.0. The molecule has 0 unspecified atom stereocenters. The number of para-hydroxylation sites is 1. The first-order valence-electron chi connectivity index (χ1n) is 8.62. The number of amides is 1. The monoisotopic (exact) mass is 375 g/mol. The molecule has 0 spiro atoms. The maximum atomic E-state index is 13.0. The van der Waals surface area contributed by atoms with Crippen LogP contribution in [0.3, 0.4) is 0 Å². The van der Waals surface area contributed by atoms with Crippen LogP contribution in [0.5, 0.6) is 0 Å². The standard InChI is InChI=1S/C20H25NO4S/c1-15(2)13-18(22)19(26(24,25)17-11-7-4-8-12-17)14-20(23)21-16-9-5-3-6-10-16/h3-12,15,18-19,22H,13-14H2,1-2H3,(H,21,23)/t18-,19+/m1/s1. The molecule has 6 heteroatoms. The molecule has 0 heterocycles. The van der Waals surface area contributed by atoms with Gasteiger partial charge in [-0.1, -0.05) is 50.2 Å². The van der Waals surface area contributed by atoms with Gasteiger partial charge in [0, 0.05) is 12.1 Å². The maximum absolute atomic E-state index is 13.0. The molecule has 0 aliphatic carbocycles. The van der Waals surface area contributed by atoms with Gasteiger partial charge in [-0.05, 0) is 36.6 Å². The molecule has 0 aromatic heterocycles. The van der Waals surface area contributed by atoms with Crippen LogP contribution in [-0.4, -0.2) is 30.8 Å². The van der Waals surface area contributed by atoms with E-state index in [-0.39, 0.29) is 17.2 Å². The minimum Gasteiger partial charge on any atom is -0.392 e. The first-order chi connectivity index (χ1) is 12.3. The predicted octanol–water partition coefficient (Wildman–Crippen LogP) is 3.26. The number of benzene rings is 2. The third-order valence-corrected chi connectivity index (χ3v) is 6.26. The van der Waals surface area contributed by atoms with Gasteiger partial charge in [-0.2, -0.15) is 0 Å². The zero-order valence-electron chi connectivity index (χ0n) is 15.0. The SMILES string of the molecule is CC(C)C[C@@H](O)[C@H](CC(=O)Nc1ccccc1)S(=O)(=O)c1ccccc1. The highest BCUT2D eigenvalue weighted by Gasteiger charge is 2.35. The number of carbonyl (C=O) groups is 1. The van der Waals surface area contributed by atoms with Crippen LogP contribution < -0.4 is 5.32 Å². The summed E-state index contributed by atoms with van der Waals surface area (Å²) in [7, 11) is -3.84. The zero-order valence-corrected chi connectivity index (χ0v) is 15.8. The van der Waals surface area contributed by atoms with E-state index in [0.29, 0.717) is 12.1 Å². The molecule has 0 aliphatic heterocycles. The van der Waals surface area contributed by atoms with Gasteiger partial charge in [-0.15, -0.1) is 0 Å². The van der Waals surface area contributed by atoms with Crippen LogP contribution in [0.25, 0.3) is 0 Å². The molecule has 140 valence electrons. The number of rotatable bonds is 8. The van der Waals surface area contributed by atoms with Crippen LogP contribution in [-0.2, 0) is 14.6 Å². The Bertz CT molecular complexity index is 804. The molecule has 2 rings (SSSR count). The summed E-state index contributed by atoms with van der Waals surface area (Å²) in [5, 5.41) is 12.0. The average Bonchev–Trinajstić information content (AvgIpc) is 2.60. The highest BCUT2D eigenvalue weighted by Crippen LogP contribution is 2.24. The van der Waals surface area contributed by atoms with Crippen molar-refractivity contribution in [1.82, 2.24) is 0 Å². The van der Waals surface area contributed by atoms with Gasteiger partial charge in [0.05, 0.1) is 11.0 Å². The van der Waals surface area contributed by atoms with Crippen molar-refractivity contribution in [3.05, 3.63) is 60.7 Å². The topological polar surface area (TPSA) is 83.5 Å². The van der Waals surface area contributed by atoms with Gasteiger partial charge in [0.1, 0.15) is 5.25 Å². The van der Waals surface area contributed by atoms with Crippen molar-refractivity contribution in [2.75, 3.05) is 5.32 Å². The Kier molecular flexibility index (Phi) is 6.94. The van der Waals surface area contributed by atoms with Crippen molar-refractivity contribution in [3.8, 4) is 0 Å². The molecule has 2 N–H and O–H groups in total. The summed E-state index contributed by atoms with van der Waals surface area (Å²) >= 11 is 0. The molecule has 5 nitrogen and oxygen atoms in total.